The fourth-order valence-corrected chi connectivity index (χ4v) is 3.66. The lowest BCUT2D eigenvalue weighted by Gasteiger charge is -2.25. The van der Waals surface area contributed by atoms with E-state index in [-0.39, 0.29) is 0 Å². The van der Waals surface area contributed by atoms with Crippen molar-refractivity contribution in [2.45, 2.75) is 45.1 Å². The van der Waals surface area contributed by atoms with Gasteiger partial charge in [-0.2, -0.15) is 5.10 Å². The molecule has 3 atom stereocenters. The number of hydrogen-bond acceptors (Lipinski definition) is 2. The summed E-state index contributed by atoms with van der Waals surface area (Å²) >= 11 is 0. The van der Waals surface area contributed by atoms with Crippen LogP contribution in [0.3, 0.4) is 0 Å². The maximum absolute atomic E-state index is 4.29. The highest BCUT2D eigenvalue weighted by atomic mass is 15.2. The van der Waals surface area contributed by atoms with Gasteiger partial charge < -0.3 is 5.32 Å². The van der Waals surface area contributed by atoms with Gasteiger partial charge in [0.2, 0.25) is 0 Å². The second-order valence-corrected chi connectivity index (χ2v) is 6.27. The Kier molecular flexibility index (Phi) is 3.42. The van der Waals surface area contributed by atoms with Crippen molar-refractivity contribution in [2.24, 2.45) is 24.8 Å². The Labute approximate surface area is 110 Å². The lowest BCUT2D eigenvalue weighted by Crippen LogP contribution is -2.38. The van der Waals surface area contributed by atoms with Crippen molar-refractivity contribution in [3.8, 4) is 0 Å². The van der Waals surface area contributed by atoms with Crippen LogP contribution in [0.4, 0.5) is 0 Å². The summed E-state index contributed by atoms with van der Waals surface area (Å²) in [5, 5.41) is 8.06. The molecule has 0 aromatic carbocycles. The molecule has 1 heterocycles. The first-order valence-corrected chi connectivity index (χ1v) is 7.47. The average Bonchev–Trinajstić information content (AvgIpc) is 2.78. The lowest BCUT2D eigenvalue weighted by molar-refractivity contribution is 0.332. The fourth-order valence-electron chi connectivity index (χ4n) is 3.66. The monoisotopic (exact) mass is 247 g/mol. The van der Waals surface area contributed by atoms with E-state index >= 15 is 0 Å². The third-order valence-corrected chi connectivity index (χ3v) is 4.72. The second kappa shape index (κ2) is 5.04. The molecule has 3 unspecified atom stereocenters. The molecule has 0 aliphatic heterocycles. The molecule has 3 nitrogen and oxygen atoms in total. The van der Waals surface area contributed by atoms with E-state index < -0.39 is 0 Å². The predicted molar refractivity (Wildman–Crippen MR) is 73.3 cm³/mol. The minimum absolute atomic E-state index is 0.668. The first kappa shape index (κ1) is 12.2. The van der Waals surface area contributed by atoms with Crippen LogP contribution in [0, 0.1) is 17.8 Å². The summed E-state index contributed by atoms with van der Waals surface area (Å²) < 4.78 is 1.92. The molecule has 0 amide bonds. The lowest BCUT2D eigenvalue weighted by atomic mass is 9.90. The van der Waals surface area contributed by atoms with Crippen LogP contribution >= 0.6 is 0 Å². The van der Waals surface area contributed by atoms with Crippen molar-refractivity contribution in [1.29, 1.82) is 0 Å². The molecule has 0 bridgehead atoms. The Morgan fingerprint density at radius 2 is 2.17 bits per heavy atom. The van der Waals surface area contributed by atoms with E-state index in [4.69, 9.17) is 0 Å². The van der Waals surface area contributed by atoms with Gasteiger partial charge in [-0.25, -0.2) is 0 Å². The molecular weight excluding hydrogens is 222 g/mol. The van der Waals surface area contributed by atoms with Gasteiger partial charge in [0.05, 0.1) is 6.20 Å². The average molecular weight is 247 g/mol. The first-order chi connectivity index (χ1) is 8.76. The Morgan fingerprint density at radius 3 is 2.78 bits per heavy atom. The molecule has 3 rings (SSSR count). The summed E-state index contributed by atoms with van der Waals surface area (Å²) in [6.07, 6.45) is 11.0. The van der Waals surface area contributed by atoms with E-state index in [1.165, 1.54) is 31.2 Å². The fraction of sp³-hybridized carbons (Fsp3) is 0.800. The second-order valence-electron chi connectivity index (χ2n) is 6.27. The van der Waals surface area contributed by atoms with Crippen LogP contribution in [0.2, 0.25) is 0 Å². The van der Waals surface area contributed by atoms with Crippen LogP contribution in [-0.2, 0) is 13.5 Å². The van der Waals surface area contributed by atoms with Gasteiger partial charge in [0.15, 0.2) is 0 Å². The van der Waals surface area contributed by atoms with Gasteiger partial charge in [-0.1, -0.05) is 6.92 Å². The van der Waals surface area contributed by atoms with E-state index in [2.05, 4.69) is 23.5 Å². The van der Waals surface area contributed by atoms with Crippen molar-refractivity contribution in [3.63, 3.8) is 0 Å². The normalized spacial score (nSPS) is 31.3. The van der Waals surface area contributed by atoms with Crippen molar-refractivity contribution in [3.05, 3.63) is 18.0 Å². The quantitative estimate of drug-likeness (QED) is 0.836. The molecule has 18 heavy (non-hydrogen) atoms. The van der Waals surface area contributed by atoms with Gasteiger partial charge in [-0.15, -0.1) is 0 Å². The van der Waals surface area contributed by atoms with Crippen LogP contribution < -0.4 is 5.32 Å². The number of aromatic nitrogens is 2. The number of nitrogens with zero attached hydrogens (tertiary/aromatic N) is 2. The first-order valence-electron chi connectivity index (χ1n) is 7.47. The number of hydrogen-bond donors (Lipinski definition) is 1. The maximum Gasteiger partial charge on any atom is 0.0522 e. The van der Waals surface area contributed by atoms with E-state index in [1.807, 2.05) is 17.9 Å². The molecule has 3 heteroatoms. The van der Waals surface area contributed by atoms with Gasteiger partial charge in [0.1, 0.15) is 0 Å². The molecule has 100 valence electrons. The van der Waals surface area contributed by atoms with Crippen molar-refractivity contribution in [1.82, 2.24) is 15.1 Å². The van der Waals surface area contributed by atoms with Crippen molar-refractivity contribution >= 4 is 0 Å². The maximum atomic E-state index is 4.29. The zero-order valence-corrected chi connectivity index (χ0v) is 11.6. The summed E-state index contributed by atoms with van der Waals surface area (Å²) in [7, 11) is 2.00. The van der Waals surface area contributed by atoms with Crippen LogP contribution in [0.15, 0.2) is 12.4 Å². The number of fused-ring (bicyclic) bond motifs is 1. The molecular formula is C15H25N3. The Morgan fingerprint density at radius 1 is 1.39 bits per heavy atom. The molecule has 0 spiro atoms. The molecule has 1 N–H and O–H groups in total. The Bertz CT molecular complexity index is 388. The summed E-state index contributed by atoms with van der Waals surface area (Å²) in [5.41, 5.74) is 1.38. The molecule has 2 fully saturated rings. The summed E-state index contributed by atoms with van der Waals surface area (Å²) in [6.45, 7) is 3.40. The topological polar surface area (TPSA) is 29.9 Å². The van der Waals surface area contributed by atoms with Crippen LogP contribution in [0.25, 0.3) is 0 Å². The Hall–Kier alpha value is -0.830. The largest absolute Gasteiger partial charge is 0.313 e. The molecule has 0 radical (unpaired) electrons. The van der Waals surface area contributed by atoms with Crippen LogP contribution in [0.1, 0.15) is 38.2 Å². The summed E-state index contributed by atoms with van der Waals surface area (Å²) in [5.74, 6) is 3.06. The van der Waals surface area contributed by atoms with Crippen LogP contribution in [-0.4, -0.2) is 22.4 Å². The molecule has 2 aliphatic rings. The molecule has 0 saturated heterocycles. The van der Waals surface area contributed by atoms with Gasteiger partial charge in [0, 0.05) is 19.3 Å². The van der Waals surface area contributed by atoms with Gasteiger partial charge in [0.25, 0.3) is 0 Å². The third-order valence-electron chi connectivity index (χ3n) is 4.72. The standard InChI is InChI=1S/C15H25N3/c1-3-4-16-15(5-11-9-17-18(2)10-11)14-7-12-6-13(12)8-14/h9-10,12-16H,3-8H2,1-2H3. The van der Waals surface area contributed by atoms with Gasteiger partial charge in [-0.3, -0.25) is 4.68 Å². The highest BCUT2D eigenvalue weighted by Gasteiger charge is 2.47. The smallest absolute Gasteiger partial charge is 0.0522 e. The SMILES string of the molecule is CCCNC(Cc1cnn(C)c1)C1CC2CC2C1. The van der Waals surface area contributed by atoms with Gasteiger partial charge >= 0.3 is 0 Å². The minimum Gasteiger partial charge on any atom is -0.313 e. The number of nitrogens with one attached hydrogen (secondary N) is 1. The summed E-state index contributed by atoms with van der Waals surface area (Å²) in [4.78, 5) is 0. The zero-order valence-electron chi connectivity index (χ0n) is 11.6. The highest BCUT2D eigenvalue weighted by molar-refractivity contribution is 5.09. The molecule has 2 saturated carbocycles. The van der Waals surface area contributed by atoms with E-state index in [9.17, 15) is 0 Å². The molecule has 1 aromatic rings. The van der Waals surface area contributed by atoms with Crippen LogP contribution in [0.5, 0.6) is 0 Å². The van der Waals surface area contributed by atoms with E-state index in [1.54, 1.807) is 0 Å². The van der Waals surface area contributed by atoms with Crippen molar-refractivity contribution in [2.75, 3.05) is 6.54 Å². The predicted octanol–water partition coefficient (Wildman–Crippen LogP) is 2.38. The molecule has 1 aromatic heterocycles. The van der Waals surface area contributed by atoms with Gasteiger partial charge in [-0.05, 0) is 62.0 Å². The van der Waals surface area contributed by atoms with E-state index in [0.29, 0.717) is 6.04 Å². The minimum atomic E-state index is 0.668. The number of rotatable bonds is 6. The molecule has 2 aliphatic carbocycles. The highest BCUT2D eigenvalue weighted by Crippen LogP contribution is 2.55. The number of aryl methyl sites for hydroxylation is 1. The summed E-state index contributed by atoms with van der Waals surface area (Å²) in [6, 6.07) is 0.668. The Balaban J connectivity index is 1.61. The zero-order chi connectivity index (χ0) is 12.5. The third kappa shape index (κ3) is 2.61. The van der Waals surface area contributed by atoms with E-state index in [0.717, 1.165) is 30.7 Å². The van der Waals surface area contributed by atoms with Crippen molar-refractivity contribution < 1.29 is 0 Å².